The molecule has 1 aliphatic heterocycles. The molecular formula is C22H20F3N7O2. The summed E-state index contributed by atoms with van der Waals surface area (Å²) >= 11 is 0. The van der Waals surface area contributed by atoms with E-state index in [1.165, 1.54) is 35.2 Å². The first kappa shape index (κ1) is 23.0. The second kappa shape index (κ2) is 7.72. The molecule has 2 amide bonds. The van der Waals surface area contributed by atoms with E-state index in [9.17, 15) is 22.8 Å². The fourth-order valence-corrected chi connectivity index (χ4v) is 4.17. The Morgan fingerprint density at radius 1 is 1.29 bits per heavy atom. The van der Waals surface area contributed by atoms with Crippen molar-refractivity contribution < 1.29 is 22.8 Å². The summed E-state index contributed by atoms with van der Waals surface area (Å²) < 4.78 is 42.1. The van der Waals surface area contributed by atoms with Crippen LogP contribution in [0.15, 0.2) is 30.9 Å². The number of halogens is 3. The highest BCUT2D eigenvalue weighted by Gasteiger charge is 2.47. The van der Waals surface area contributed by atoms with E-state index in [4.69, 9.17) is 12.2 Å². The first-order valence-corrected chi connectivity index (χ1v) is 10.1. The number of carbonyl (C=O) groups excluding carboxylic acids is 2. The maximum absolute atomic E-state index is 13.7. The van der Waals surface area contributed by atoms with E-state index < -0.39 is 29.2 Å². The first-order valence-electron chi connectivity index (χ1n) is 10.1. The largest absolute Gasteiger partial charge is 0.418 e. The number of nitrogens with zero attached hydrogens (tertiary/aromatic N) is 6. The number of aromatic nitrogens is 4. The lowest BCUT2D eigenvalue weighted by Crippen LogP contribution is -2.67. The molecule has 0 unspecified atom stereocenters. The van der Waals surface area contributed by atoms with Crippen molar-refractivity contribution in [2.24, 2.45) is 0 Å². The van der Waals surface area contributed by atoms with E-state index in [2.05, 4.69) is 21.0 Å². The highest BCUT2D eigenvalue weighted by Crippen LogP contribution is 2.39. The molecule has 4 heterocycles. The second-order valence-electron chi connectivity index (χ2n) is 8.32. The fraction of sp³-hybridized carbons (Fsp3) is 0.318. The molecule has 12 heteroatoms. The number of fused-ring (bicyclic) bond motifs is 1. The van der Waals surface area contributed by atoms with Gasteiger partial charge in [-0.05, 0) is 26.0 Å². The summed E-state index contributed by atoms with van der Waals surface area (Å²) in [6.45, 7) is 4.64. The summed E-state index contributed by atoms with van der Waals surface area (Å²) in [5.74, 6) is 1.44. The van der Waals surface area contributed by atoms with Gasteiger partial charge in [0, 0.05) is 18.7 Å². The van der Waals surface area contributed by atoms with Crippen LogP contribution in [0.5, 0.6) is 0 Å². The molecule has 1 fully saturated rings. The van der Waals surface area contributed by atoms with Crippen LogP contribution in [0.4, 0.5) is 24.7 Å². The first-order chi connectivity index (χ1) is 15.9. The van der Waals surface area contributed by atoms with E-state index in [0.717, 1.165) is 16.9 Å². The van der Waals surface area contributed by atoms with Gasteiger partial charge in [0.15, 0.2) is 5.82 Å². The topological polar surface area (TPSA) is 110 Å². The molecule has 1 aliphatic rings. The quantitative estimate of drug-likeness (QED) is 0.575. The Balaban J connectivity index is 1.86. The molecule has 1 atom stereocenters. The Bertz CT molecular complexity index is 1360. The zero-order chi connectivity index (χ0) is 25.0. The third-order valence-corrected chi connectivity index (χ3v) is 5.84. The number of alkyl halides is 3. The zero-order valence-electron chi connectivity index (χ0n) is 18.5. The zero-order valence-corrected chi connectivity index (χ0v) is 18.5. The van der Waals surface area contributed by atoms with Crippen molar-refractivity contribution in [1.29, 1.82) is 0 Å². The Morgan fingerprint density at radius 2 is 2.00 bits per heavy atom. The molecule has 0 aromatic carbocycles. The van der Waals surface area contributed by atoms with Gasteiger partial charge < -0.3 is 10.6 Å². The molecule has 176 valence electrons. The number of hydrogen-bond acceptors (Lipinski definition) is 6. The van der Waals surface area contributed by atoms with E-state index in [1.807, 2.05) is 0 Å². The van der Waals surface area contributed by atoms with Crippen molar-refractivity contribution >= 4 is 28.8 Å². The Labute approximate surface area is 192 Å². The highest BCUT2D eigenvalue weighted by atomic mass is 19.4. The van der Waals surface area contributed by atoms with Crippen LogP contribution in [-0.4, -0.2) is 54.4 Å². The summed E-state index contributed by atoms with van der Waals surface area (Å²) in [5, 5.41) is 3.93. The smallest absolute Gasteiger partial charge is 0.382 e. The number of carbonyl (C=O) groups is 2. The lowest BCUT2D eigenvalue weighted by Gasteiger charge is -2.48. The molecule has 0 bridgehead atoms. The third-order valence-electron chi connectivity index (χ3n) is 5.84. The number of nitrogen functional groups attached to an aromatic ring is 1. The maximum atomic E-state index is 13.7. The number of hydrogen-bond donors (Lipinski definition) is 1. The van der Waals surface area contributed by atoms with Crippen LogP contribution in [0.3, 0.4) is 0 Å². The van der Waals surface area contributed by atoms with Gasteiger partial charge in [0.25, 0.3) is 5.91 Å². The number of terminal acetylenes is 1. The Kier molecular flexibility index (Phi) is 5.23. The molecule has 0 spiro atoms. The summed E-state index contributed by atoms with van der Waals surface area (Å²) in [7, 11) is 0. The van der Waals surface area contributed by atoms with Crippen molar-refractivity contribution in [2.75, 3.05) is 17.2 Å². The number of amides is 2. The molecule has 4 rings (SSSR count). The average Bonchev–Trinajstić information content (AvgIpc) is 3.17. The summed E-state index contributed by atoms with van der Waals surface area (Å²) in [6, 6.07) is 1.60. The van der Waals surface area contributed by atoms with Crippen molar-refractivity contribution in [3.8, 4) is 23.6 Å². The van der Waals surface area contributed by atoms with E-state index >= 15 is 0 Å². The molecule has 0 radical (unpaired) electrons. The summed E-state index contributed by atoms with van der Waals surface area (Å²) in [4.78, 5) is 36.0. The van der Waals surface area contributed by atoms with Crippen LogP contribution in [0.2, 0.25) is 0 Å². The van der Waals surface area contributed by atoms with Crippen molar-refractivity contribution in [2.45, 2.75) is 38.5 Å². The number of anilines is 2. The predicted molar refractivity (Wildman–Crippen MR) is 117 cm³/mol. The molecule has 0 aliphatic carbocycles. The van der Waals surface area contributed by atoms with Gasteiger partial charge in [0.2, 0.25) is 5.91 Å². The van der Waals surface area contributed by atoms with Crippen LogP contribution in [-0.2, 0) is 15.8 Å². The van der Waals surface area contributed by atoms with Crippen LogP contribution >= 0.6 is 0 Å². The highest BCUT2D eigenvalue weighted by molar-refractivity contribution is 6.04. The number of pyridine rings is 1. The third kappa shape index (κ3) is 3.49. The van der Waals surface area contributed by atoms with Crippen LogP contribution in [0.1, 0.15) is 26.3 Å². The van der Waals surface area contributed by atoms with Gasteiger partial charge in [-0.2, -0.15) is 18.3 Å². The normalized spacial score (nSPS) is 18.3. The number of piperazine rings is 1. The summed E-state index contributed by atoms with van der Waals surface area (Å²) in [5.41, 5.74) is 3.71. The van der Waals surface area contributed by atoms with Crippen molar-refractivity contribution in [1.82, 2.24) is 24.5 Å². The van der Waals surface area contributed by atoms with Gasteiger partial charge >= 0.3 is 6.18 Å². The van der Waals surface area contributed by atoms with Gasteiger partial charge in [-0.15, -0.1) is 6.42 Å². The van der Waals surface area contributed by atoms with Crippen molar-refractivity contribution in [3.05, 3.63) is 36.4 Å². The van der Waals surface area contributed by atoms with Gasteiger partial charge in [-0.3, -0.25) is 19.5 Å². The fourth-order valence-electron chi connectivity index (χ4n) is 4.17. The number of nitrogens with two attached hydrogens (primary N) is 1. The molecule has 9 nitrogen and oxygen atoms in total. The number of rotatable bonds is 2. The average molecular weight is 471 g/mol. The van der Waals surface area contributed by atoms with E-state index in [-0.39, 0.29) is 40.7 Å². The minimum atomic E-state index is -4.70. The minimum absolute atomic E-state index is 0.0529. The van der Waals surface area contributed by atoms with Gasteiger partial charge in [-0.25, -0.2) is 9.50 Å². The molecule has 34 heavy (non-hydrogen) atoms. The molecule has 1 saturated heterocycles. The lowest BCUT2D eigenvalue weighted by molar-refractivity contribution is -0.146. The van der Waals surface area contributed by atoms with Crippen LogP contribution in [0, 0.1) is 12.3 Å². The van der Waals surface area contributed by atoms with Gasteiger partial charge in [-0.1, -0.05) is 5.92 Å². The monoisotopic (exact) mass is 471 g/mol. The Hall–Kier alpha value is -4.14. The summed E-state index contributed by atoms with van der Waals surface area (Å²) in [6.07, 6.45) is 4.74. The van der Waals surface area contributed by atoms with E-state index in [0.29, 0.717) is 0 Å². The lowest BCUT2D eigenvalue weighted by atomic mass is 9.93. The van der Waals surface area contributed by atoms with Gasteiger partial charge in [0.1, 0.15) is 23.4 Å². The Morgan fingerprint density at radius 3 is 2.62 bits per heavy atom. The van der Waals surface area contributed by atoms with Gasteiger partial charge in [0.05, 0.1) is 29.7 Å². The second-order valence-corrected chi connectivity index (χ2v) is 8.32. The minimum Gasteiger partial charge on any atom is -0.382 e. The molecule has 3 aromatic rings. The maximum Gasteiger partial charge on any atom is 0.418 e. The van der Waals surface area contributed by atoms with Crippen LogP contribution < -0.4 is 10.6 Å². The molecule has 3 aromatic heterocycles. The SMILES string of the molecule is C#C[C@H]1CN(C(C)=O)C(C)(C)C(=O)N1c1cncc(-c2cc(C(F)(F)F)c3c(N)ncnn23)c1. The van der Waals surface area contributed by atoms with Crippen LogP contribution in [0.25, 0.3) is 16.8 Å². The predicted octanol–water partition coefficient (Wildman–Crippen LogP) is 2.37. The molecule has 0 saturated carbocycles. The standard InChI is InChI=1S/C22H20F3N7O2/c1-5-14-10-30(12(2)33)21(3,4)20(34)31(14)15-6-13(8-27-9-15)17-7-16(22(23,24)25)18-19(26)28-11-29-32(17)18/h1,6-9,11,14H,10H2,2-4H3,(H2,26,28,29)/t14-/m0/s1. The molecule has 2 N–H and O–H groups in total. The molecular weight excluding hydrogens is 451 g/mol. The van der Waals surface area contributed by atoms with Crippen molar-refractivity contribution in [3.63, 3.8) is 0 Å². The van der Waals surface area contributed by atoms with E-state index in [1.54, 1.807) is 13.8 Å².